The van der Waals surface area contributed by atoms with Gasteiger partial charge >= 0.3 is 0 Å². The molecule has 0 unspecified atom stereocenters. The highest BCUT2D eigenvalue weighted by molar-refractivity contribution is 5.40. The minimum atomic E-state index is 0.420. The van der Waals surface area contributed by atoms with E-state index < -0.39 is 0 Å². The highest BCUT2D eigenvalue weighted by atomic mass is 16.5. The second-order valence-corrected chi connectivity index (χ2v) is 6.98. The second kappa shape index (κ2) is 7.42. The van der Waals surface area contributed by atoms with Gasteiger partial charge in [-0.3, -0.25) is 0 Å². The van der Waals surface area contributed by atoms with Crippen LogP contribution in [0.4, 0.5) is 5.82 Å². The molecule has 0 spiro atoms. The van der Waals surface area contributed by atoms with Crippen LogP contribution in [0.25, 0.3) is 0 Å². The number of hydrogen-bond acceptors (Lipinski definition) is 4. The van der Waals surface area contributed by atoms with Gasteiger partial charge in [0, 0.05) is 39.0 Å². The van der Waals surface area contributed by atoms with Crippen molar-refractivity contribution in [1.82, 2.24) is 10.3 Å². The fourth-order valence-electron chi connectivity index (χ4n) is 3.67. The average Bonchev–Trinajstić information content (AvgIpc) is 3.19. The van der Waals surface area contributed by atoms with Gasteiger partial charge in [0.15, 0.2) is 0 Å². The van der Waals surface area contributed by atoms with Crippen LogP contribution in [0.2, 0.25) is 0 Å². The standard InChI is InChI=1S/C18H29N3O/c1-14(2)18-16(7-10-22-18)13-19-11-15-5-6-17(20-12-15)21-8-3-4-9-21/h5-6,12,14,16,18-19H,3-4,7-11,13H2,1-2H3/t16-,18-/m1/s1. The van der Waals surface area contributed by atoms with E-state index in [0.717, 1.165) is 38.6 Å². The lowest BCUT2D eigenvalue weighted by Crippen LogP contribution is -2.31. The summed E-state index contributed by atoms with van der Waals surface area (Å²) >= 11 is 0. The summed E-state index contributed by atoms with van der Waals surface area (Å²) in [7, 11) is 0. The number of rotatable bonds is 6. The van der Waals surface area contributed by atoms with E-state index in [0.29, 0.717) is 17.9 Å². The minimum Gasteiger partial charge on any atom is -0.378 e. The SMILES string of the molecule is CC(C)[C@H]1OCC[C@@H]1CNCc1ccc(N2CCCC2)nc1. The van der Waals surface area contributed by atoms with E-state index >= 15 is 0 Å². The average molecular weight is 303 g/mol. The van der Waals surface area contributed by atoms with Crippen molar-refractivity contribution < 1.29 is 4.74 Å². The molecule has 4 heteroatoms. The first-order valence-electron chi connectivity index (χ1n) is 8.76. The molecule has 0 bridgehead atoms. The second-order valence-electron chi connectivity index (χ2n) is 6.98. The highest BCUT2D eigenvalue weighted by Gasteiger charge is 2.30. The van der Waals surface area contributed by atoms with Gasteiger partial charge in [0.2, 0.25) is 0 Å². The maximum absolute atomic E-state index is 5.84. The summed E-state index contributed by atoms with van der Waals surface area (Å²) < 4.78 is 5.84. The molecule has 0 radical (unpaired) electrons. The van der Waals surface area contributed by atoms with Gasteiger partial charge in [0.1, 0.15) is 5.82 Å². The van der Waals surface area contributed by atoms with E-state index in [4.69, 9.17) is 4.74 Å². The first kappa shape index (κ1) is 15.8. The lowest BCUT2D eigenvalue weighted by atomic mass is 9.93. The van der Waals surface area contributed by atoms with Crippen molar-refractivity contribution >= 4 is 5.82 Å². The largest absolute Gasteiger partial charge is 0.378 e. The van der Waals surface area contributed by atoms with Gasteiger partial charge < -0.3 is 15.0 Å². The molecule has 4 nitrogen and oxygen atoms in total. The molecule has 0 saturated carbocycles. The predicted molar refractivity (Wildman–Crippen MR) is 90.1 cm³/mol. The van der Waals surface area contributed by atoms with Crippen molar-refractivity contribution in [2.24, 2.45) is 11.8 Å². The summed E-state index contributed by atoms with van der Waals surface area (Å²) in [6.45, 7) is 9.67. The van der Waals surface area contributed by atoms with Crippen molar-refractivity contribution in [2.75, 3.05) is 31.1 Å². The van der Waals surface area contributed by atoms with Gasteiger partial charge in [-0.2, -0.15) is 0 Å². The molecule has 1 N–H and O–H groups in total. The maximum atomic E-state index is 5.84. The monoisotopic (exact) mass is 303 g/mol. The van der Waals surface area contributed by atoms with Crippen LogP contribution in [0.5, 0.6) is 0 Å². The van der Waals surface area contributed by atoms with Crippen LogP contribution in [0.15, 0.2) is 18.3 Å². The number of nitrogens with one attached hydrogen (secondary N) is 1. The minimum absolute atomic E-state index is 0.420. The number of pyridine rings is 1. The van der Waals surface area contributed by atoms with Crippen molar-refractivity contribution in [3.63, 3.8) is 0 Å². The molecule has 2 atom stereocenters. The third kappa shape index (κ3) is 3.79. The summed E-state index contributed by atoms with van der Waals surface area (Å²) in [6.07, 6.45) is 6.22. The quantitative estimate of drug-likeness (QED) is 0.877. The van der Waals surface area contributed by atoms with Gasteiger partial charge in [0.05, 0.1) is 6.10 Å². The molecule has 1 aromatic rings. The Labute approximate surface area is 134 Å². The molecule has 0 amide bonds. The predicted octanol–water partition coefficient (Wildman–Crippen LogP) is 2.83. The van der Waals surface area contributed by atoms with Crippen LogP contribution in [-0.4, -0.2) is 37.3 Å². The zero-order valence-electron chi connectivity index (χ0n) is 13.9. The topological polar surface area (TPSA) is 37.4 Å². The molecule has 0 aromatic carbocycles. The number of ether oxygens (including phenoxy) is 1. The zero-order chi connectivity index (χ0) is 15.4. The molecule has 22 heavy (non-hydrogen) atoms. The maximum Gasteiger partial charge on any atom is 0.128 e. The number of nitrogens with zero attached hydrogens (tertiary/aromatic N) is 2. The Hall–Kier alpha value is -1.13. The van der Waals surface area contributed by atoms with Crippen LogP contribution in [0.3, 0.4) is 0 Å². The number of hydrogen-bond donors (Lipinski definition) is 1. The van der Waals surface area contributed by atoms with Crippen LogP contribution in [-0.2, 0) is 11.3 Å². The van der Waals surface area contributed by atoms with E-state index in [1.165, 1.54) is 24.8 Å². The lowest BCUT2D eigenvalue weighted by molar-refractivity contribution is 0.0539. The van der Waals surface area contributed by atoms with E-state index in [2.05, 4.69) is 41.2 Å². The third-order valence-corrected chi connectivity index (χ3v) is 4.90. The Morgan fingerprint density at radius 2 is 2.14 bits per heavy atom. The number of aromatic nitrogens is 1. The van der Waals surface area contributed by atoms with Gasteiger partial charge in [0.25, 0.3) is 0 Å². The highest BCUT2D eigenvalue weighted by Crippen LogP contribution is 2.26. The van der Waals surface area contributed by atoms with E-state index in [1.807, 2.05) is 6.20 Å². The first-order chi connectivity index (χ1) is 10.7. The Balaban J connectivity index is 1.45. The Morgan fingerprint density at radius 1 is 1.32 bits per heavy atom. The molecule has 0 aliphatic carbocycles. The van der Waals surface area contributed by atoms with E-state index in [-0.39, 0.29) is 0 Å². The van der Waals surface area contributed by atoms with Gasteiger partial charge in [-0.1, -0.05) is 19.9 Å². The zero-order valence-corrected chi connectivity index (χ0v) is 13.9. The van der Waals surface area contributed by atoms with Crippen molar-refractivity contribution in [1.29, 1.82) is 0 Å². The van der Waals surface area contributed by atoms with Crippen molar-refractivity contribution in [2.45, 2.75) is 45.8 Å². The molecular formula is C18H29N3O. The molecule has 122 valence electrons. The van der Waals surface area contributed by atoms with Crippen molar-refractivity contribution in [3.05, 3.63) is 23.9 Å². The molecule has 2 fully saturated rings. The first-order valence-corrected chi connectivity index (χ1v) is 8.76. The summed E-state index contributed by atoms with van der Waals surface area (Å²) in [5.41, 5.74) is 1.27. The molecule has 2 aliphatic heterocycles. The van der Waals surface area contributed by atoms with E-state index in [1.54, 1.807) is 0 Å². The van der Waals surface area contributed by atoms with Crippen molar-refractivity contribution in [3.8, 4) is 0 Å². The molecule has 2 saturated heterocycles. The van der Waals surface area contributed by atoms with Crippen LogP contribution < -0.4 is 10.2 Å². The lowest BCUT2D eigenvalue weighted by Gasteiger charge is -2.22. The Morgan fingerprint density at radius 3 is 2.82 bits per heavy atom. The fraction of sp³-hybridized carbons (Fsp3) is 0.722. The fourth-order valence-corrected chi connectivity index (χ4v) is 3.67. The Kier molecular flexibility index (Phi) is 5.32. The van der Waals surface area contributed by atoms with E-state index in [9.17, 15) is 0 Å². The summed E-state index contributed by atoms with van der Waals surface area (Å²) in [4.78, 5) is 6.99. The Bertz CT molecular complexity index is 454. The smallest absolute Gasteiger partial charge is 0.128 e. The molecule has 2 aliphatic rings. The van der Waals surface area contributed by atoms with Gasteiger partial charge in [-0.05, 0) is 42.7 Å². The third-order valence-electron chi connectivity index (χ3n) is 4.90. The normalized spacial score (nSPS) is 25.3. The number of anilines is 1. The molecule has 1 aromatic heterocycles. The summed E-state index contributed by atoms with van der Waals surface area (Å²) in [5.74, 6) is 2.39. The summed E-state index contributed by atoms with van der Waals surface area (Å²) in [6, 6.07) is 4.37. The van der Waals surface area contributed by atoms with Crippen LogP contribution in [0.1, 0.15) is 38.7 Å². The molecule has 3 heterocycles. The van der Waals surface area contributed by atoms with Crippen LogP contribution >= 0.6 is 0 Å². The van der Waals surface area contributed by atoms with Crippen LogP contribution in [0, 0.1) is 11.8 Å². The summed E-state index contributed by atoms with van der Waals surface area (Å²) in [5, 5.41) is 3.58. The van der Waals surface area contributed by atoms with Gasteiger partial charge in [-0.25, -0.2) is 4.98 Å². The van der Waals surface area contributed by atoms with Gasteiger partial charge in [-0.15, -0.1) is 0 Å². The molecule has 3 rings (SSSR count). The molecular weight excluding hydrogens is 274 g/mol.